The van der Waals surface area contributed by atoms with E-state index < -0.39 is 22.7 Å². The van der Waals surface area contributed by atoms with E-state index in [-0.39, 0.29) is 28.1 Å². The fourth-order valence-electron chi connectivity index (χ4n) is 3.23. The predicted molar refractivity (Wildman–Crippen MR) is 131 cm³/mol. The molecule has 3 atom stereocenters. The van der Waals surface area contributed by atoms with Gasteiger partial charge in [-0.3, -0.25) is 4.79 Å². The maximum absolute atomic E-state index is 13.6. The quantitative estimate of drug-likeness (QED) is 0.485. The van der Waals surface area contributed by atoms with Crippen LogP contribution in [0.5, 0.6) is 0 Å². The molecule has 1 amide bonds. The standard InChI is InChI=1S/C24H43NO3Si2/c1-18-20(27-29(8,9)23(2,3)4)21(28-30(10,11)24(5,6)7)22(26)25(18)17-19-15-13-12-14-16-19/h12-16,18,20-21H,17H2,1-11H3/t18-,20-,21+/m0/s1. The van der Waals surface area contributed by atoms with Crippen LogP contribution in [0.25, 0.3) is 0 Å². The molecule has 4 nitrogen and oxygen atoms in total. The van der Waals surface area contributed by atoms with Crippen LogP contribution in [0.15, 0.2) is 30.3 Å². The highest BCUT2D eigenvalue weighted by atomic mass is 28.4. The molecule has 1 aromatic rings. The van der Waals surface area contributed by atoms with Gasteiger partial charge in [-0.25, -0.2) is 0 Å². The van der Waals surface area contributed by atoms with Gasteiger partial charge in [0.25, 0.3) is 5.91 Å². The van der Waals surface area contributed by atoms with Crippen LogP contribution < -0.4 is 0 Å². The molecule has 1 heterocycles. The van der Waals surface area contributed by atoms with E-state index in [1.807, 2.05) is 23.1 Å². The molecule has 0 unspecified atom stereocenters. The van der Waals surface area contributed by atoms with Gasteiger partial charge in [-0.05, 0) is 48.8 Å². The van der Waals surface area contributed by atoms with Crippen molar-refractivity contribution in [1.82, 2.24) is 4.90 Å². The van der Waals surface area contributed by atoms with Crippen molar-refractivity contribution in [3.05, 3.63) is 35.9 Å². The molecular formula is C24H43NO3Si2. The Hall–Kier alpha value is -0.956. The van der Waals surface area contributed by atoms with Gasteiger partial charge in [0.15, 0.2) is 22.7 Å². The number of carbonyl (C=O) groups is 1. The third-order valence-electron chi connectivity index (χ3n) is 7.45. The lowest BCUT2D eigenvalue weighted by Gasteiger charge is -2.43. The molecule has 2 rings (SSSR count). The highest BCUT2D eigenvalue weighted by Gasteiger charge is 2.54. The average molecular weight is 450 g/mol. The molecule has 1 aromatic carbocycles. The number of hydrogen-bond donors (Lipinski definition) is 0. The summed E-state index contributed by atoms with van der Waals surface area (Å²) in [4.78, 5) is 15.6. The first-order valence-electron chi connectivity index (χ1n) is 11.2. The highest BCUT2D eigenvalue weighted by Crippen LogP contribution is 2.43. The Morgan fingerprint density at radius 2 is 1.33 bits per heavy atom. The molecule has 0 radical (unpaired) electrons. The van der Waals surface area contributed by atoms with Crippen LogP contribution in [0.2, 0.25) is 36.3 Å². The van der Waals surface area contributed by atoms with Crippen molar-refractivity contribution in [2.45, 2.75) is 110 Å². The van der Waals surface area contributed by atoms with Gasteiger partial charge in [0, 0.05) is 6.54 Å². The van der Waals surface area contributed by atoms with Gasteiger partial charge < -0.3 is 13.8 Å². The second-order valence-corrected chi connectivity index (χ2v) is 21.3. The molecule has 170 valence electrons. The number of carbonyl (C=O) groups excluding carboxylic acids is 1. The summed E-state index contributed by atoms with van der Waals surface area (Å²) in [5.74, 6) is 0.0693. The molecule has 30 heavy (non-hydrogen) atoms. The van der Waals surface area contributed by atoms with Crippen molar-refractivity contribution in [1.29, 1.82) is 0 Å². The first-order valence-corrected chi connectivity index (χ1v) is 17.0. The van der Waals surface area contributed by atoms with Crippen LogP contribution in [0.1, 0.15) is 54.0 Å². The number of likely N-dealkylation sites (tertiary alicyclic amines) is 1. The topological polar surface area (TPSA) is 38.8 Å². The number of benzene rings is 1. The van der Waals surface area contributed by atoms with E-state index >= 15 is 0 Å². The van der Waals surface area contributed by atoms with E-state index in [2.05, 4.69) is 86.8 Å². The van der Waals surface area contributed by atoms with Crippen molar-refractivity contribution in [3.8, 4) is 0 Å². The minimum Gasteiger partial charge on any atom is -0.409 e. The Kier molecular flexibility index (Phi) is 7.19. The minimum absolute atomic E-state index is 0.0263. The Labute approximate surface area is 186 Å². The zero-order valence-electron chi connectivity index (χ0n) is 21.0. The number of hydrogen-bond acceptors (Lipinski definition) is 3. The summed E-state index contributed by atoms with van der Waals surface area (Å²) >= 11 is 0. The second kappa shape index (κ2) is 8.53. The maximum atomic E-state index is 13.6. The molecule has 6 heteroatoms. The van der Waals surface area contributed by atoms with Crippen LogP contribution in [-0.4, -0.2) is 45.7 Å². The van der Waals surface area contributed by atoms with E-state index in [1.165, 1.54) is 0 Å². The molecule has 1 saturated heterocycles. The largest absolute Gasteiger partial charge is 0.409 e. The lowest BCUT2D eigenvalue weighted by atomic mass is 10.1. The molecule has 0 aliphatic carbocycles. The number of rotatable bonds is 6. The summed E-state index contributed by atoms with van der Waals surface area (Å²) < 4.78 is 13.6. The zero-order chi connectivity index (χ0) is 23.1. The monoisotopic (exact) mass is 449 g/mol. The molecule has 0 aromatic heterocycles. The van der Waals surface area contributed by atoms with Crippen molar-refractivity contribution < 1.29 is 13.6 Å². The smallest absolute Gasteiger partial charge is 0.253 e. The molecule has 0 spiro atoms. The molecule has 0 N–H and O–H groups in total. The lowest BCUT2D eigenvalue weighted by Crippen LogP contribution is -2.53. The van der Waals surface area contributed by atoms with Crippen molar-refractivity contribution in [2.75, 3.05) is 0 Å². The summed E-state index contributed by atoms with van der Waals surface area (Å²) in [6.07, 6.45) is -0.769. The Bertz CT molecular complexity index is 735. The summed E-state index contributed by atoms with van der Waals surface area (Å²) in [7, 11) is -4.21. The molecule has 1 fully saturated rings. The molecular weight excluding hydrogens is 406 g/mol. The fraction of sp³-hybridized carbons (Fsp3) is 0.708. The number of nitrogens with zero attached hydrogens (tertiary/aromatic N) is 1. The molecule has 0 saturated carbocycles. The van der Waals surface area contributed by atoms with E-state index in [9.17, 15) is 4.79 Å². The first-order chi connectivity index (χ1) is 13.5. The van der Waals surface area contributed by atoms with Crippen LogP contribution in [0.4, 0.5) is 0 Å². The summed E-state index contributed by atoms with van der Waals surface area (Å²) in [5.41, 5.74) is 1.14. The van der Waals surface area contributed by atoms with Gasteiger partial charge in [-0.15, -0.1) is 0 Å². The third kappa shape index (κ3) is 5.26. The Balaban J connectivity index is 2.39. The average Bonchev–Trinajstić information content (AvgIpc) is 2.78. The third-order valence-corrected chi connectivity index (χ3v) is 16.4. The number of amides is 1. The van der Waals surface area contributed by atoms with E-state index in [0.717, 1.165) is 5.56 Å². The zero-order valence-corrected chi connectivity index (χ0v) is 23.0. The summed E-state index contributed by atoms with van der Waals surface area (Å²) in [6, 6.07) is 10.2. The van der Waals surface area contributed by atoms with E-state index in [4.69, 9.17) is 8.85 Å². The molecule has 0 bridgehead atoms. The lowest BCUT2D eigenvalue weighted by molar-refractivity contribution is -0.135. The maximum Gasteiger partial charge on any atom is 0.253 e. The fourth-order valence-corrected chi connectivity index (χ4v) is 5.80. The van der Waals surface area contributed by atoms with Gasteiger partial charge in [-0.1, -0.05) is 71.9 Å². The van der Waals surface area contributed by atoms with Gasteiger partial charge in [0.2, 0.25) is 0 Å². The SMILES string of the molecule is C[C@H]1[C@H](O[Si](C)(C)C(C)(C)C)[C@@H](O[Si](C)(C)C(C)(C)C)C(=O)N1Cc1ccccc1. The van der Waals surface area contributed by atoms with E-state index in [1.54, 1.807) is 0 Å². The van der Waals surface area contributed by atoms with Gasteiger partial charge in [0.1, 0.15) is 0 Å². The van der Waals surface area contributed by atoms with Gasteiger partial charge >= 0.3 is 0 Å². The Morgan fingerprint density at radius 1 is 0.867 bits per heavy atom. The van der Waals surface area contributed by atoms with Gasteiger partial charge in [0.05, 0.1) is 12.1 Å². The van der Waals surface area contributed by atoms with E-state index in [0.29, 0.717) is 6.54 Å². The normalized spacial score (nSPS) is 23.9. The van der Waals surface area contributed by atoms with Crippen molar-refractivity contribution in [3.63, 3.8) is 0 Å². The van der Waals surface area contributed by atoms with Crippen LogP contribution in [0, 0.1) is 0 Å². The van der Waals surface area contributed by atoms with Crippen LogP contribution in [0.3, 0.4) is 0 Å². The molecule has 1 aliphatic rings. The minimum atomic E-state index is -2.14. The van der Waals surface area contributed by atoms with Crippen molar-refractivity contribution >= 4 is 22.5 Å². The highest BCUT2D eigenvalue weighted by molar-refractivity contribution is 6.74. The molecule has 1 aliphatic heterocycles. The van der Waals surface area contributed by atoms with Crippen LogP contribution >= 0.6 is 0 Å². The first kappa shape index (κ1) is 25.3. The second-order valence-electron chi connectivity index (χ2n) is 11.8. The summed E-state index contributed by atoms with van der Waals surface area (Å²) in [5, 5.41) is 0.106. The van der Waals surface area contributed by atoms with Gasteiger partial charge in [-0.2, -0.15) is 0 Å². The van der Waals surface area contributed by atoms with Crippen molar-refractivity contribution in [2.24, 2.45) is 0 Å². The Morgan fingerprint density at radius 3 is 1.80 bits per heavy atom. The van der Waals surface area contributed by atoms with Crippen LogP contribution in [-0.2, 0) is 20.2 Å². The summed E-state index contributed by atoms with van der Waals surface area (Å²) in [6.45, 7) is 25.0. The predicted octanol–water partition coefficient (Wildman–Crippen LogP) is 6.20.